The van der Waals surface area contributed by atoms with Gasteiger partial charge < -0.3 is 25.0 Å². The van der Waals surface area contributed by atoms with Gasteiger partial charge in [-0.15, -0.1) is 5.10 Å². The number of aryl methyl sites for hydroxylation is 1. The zero-order valence-corrected chi connectivity index (χ0v) is 32.2. The Hall–Kier alpha value is -4.68. The minimum atomic E-state index is -6.16. The number of alkyl halides is 3. The number of rotatable bonds is 8. The standard InChI is InChI=1S/C38H49F3N6O9S/c1-6-47-32(49)27-14-10-9-13-26(27)31(44-47)55-24-18-28-30(48)43-37(34(51)45-57(53,54)25-15-16-25)19-23(37)12-8-7-11-21(2)17-22(3)29(33(50)46(28)20-24)42-35(52)56-36(4,5)38(39,40)41/h8-10,12-14,21-25,28-29H,6-7,11,15-20H2,1-5H3,(H,42,52)(H,43,48)(H,45,51)/b12-8-/t21-,22+,23+,24+,28-,29-,37+/m0/s1/i4D3,5D3. The van der Waals surface area contributed by atoms with E-state index in [2.05, 4.69) is 19.9 Å². The van der Waals surface area contributed by atoms with Crippen molar-refractivity contribution in [3.63, 3.8) is 0 Å². The van der Waals surface area contributed by atoms with Crippen molar-refractivity contribution < 1.29 is 58.5 Å². The van der Waals surface area contributed by atoms with E-state index in [0.29, 0.717) is 25.7 Å². The molecule has 4 aliphatic rings. The van der Waals surface area contributed by atoms with E-state index in [0.717, 1.165) is 9.58 Å². The Bertz CT molecular complexity index is 2310. The molecule has 19 heteroatoms. The molecule has 3 heterocycles. The number of amides is 4. The fourth-order valence-electron chi connectivity index (χ4n) is 7.51. The van der Waals surface area contributed by atoms with Gasteiger partial charge in [0.25, 0.3) is 11.5 Å². The Morgan fingerprint density at radius 3 is 2.44 bits per heavy atom. The first-order valence-corrected chi connectivity index (χ1v) is 20.3. The maximum Gasteiger partial charge on any atom is 0.427 e. The van der Waals surface area contributed by atoms with Gasteiger partial charge in [-0.25, -0.2) is 17.9 Å². The van der Waals surface area contributed by atoms with Crippen molar-refractivity contribution in [1.82, 2.24) is 30.0 Å². The van der Waals surface area contributed by atoms with Gasteiger partial charge in [-0.2, -0.15) is 13.2 Å². The second-order valence-electron chi connectivity index (χ2n) is 15.4. The van der Waals surface area contributed by atoms with Crippen molar-refractivity contribution in [2.24, 2.45) is 17.8 Å². The van der Waals surface area contributed by atoms with Crippen LogP contribution in [0.25, 0.3) is 10.8 Å². The second-order valence-corrected chi connectivity index (χ2v) is 17.4. The highest BCUT2D eigenvalue weighted by Gasteiger charge is 2.62. The van der Waals surface area contributed by atoms with E-state index in [-0.39, 0.29) is 48.4 Å². The van der Waals surface area contributed by atoms with Crippen LogP contribution in [0.1, 0.15) is 87.6 Å². The van der Waals surface area contributed by atoms with E-state index in [1.54, 1.807) is 50.3 Å². The Kier molecular flexibility index (Phi) is 9.40. The predicted molar refractivity (Wildman–Crippen MR) is 200 cm³/mol. The molecule has 0 radical (unpaired) electrons. The molecule has 312 valence electrons. The molecule has 4 amide bonds. The van der Waals surface area contributed by atoms with Gasteiger partial charge in [0, 0.05) is 27.1 Å². The summed E-state index contributed by atoms with van der Waals surface area (Å²) in [5.41, 5.74) is -7.22. The van der Waals surface area contributed by atoms with Crippen molar-refractivity contribution >= 4 is 44.6 Å². The summed E-state index contributed by atoms with van der Waals surface area (Å²) in [5.74, 6) is -4.99. The molecule has 2 aliphatic heterocycles. The van der Waals surface area contributed by atoms with E-state index in [1.165, 1.54) is 6.92 Å². The number of allylic oxidation sites excluding steroid dienone is 1. The Morgan fingerprint density at radius 2 is 1.79 bits per heavy atom. The summed E-state index contributed by atoms with van der Waals surface area (Å²) in [6.45, 7) is -4.35. The molecule has 0 bridgehead atoms. The molecule has 6 rings (SSSR count). The summed E-state index contributed by atoms with van der Waals surface area (Å²) >= 11 is 0. The molecule has 3 fully saturated rings. The third-order valence-electron chi connectivity index (χ3n) is 10.9. The minimum absolute atomic E-state index is 0.00707. The van der Waals surface area contributed by atoms with Crippen molar-refractivity contribution in [1.29, 1.82) is 0 Å². The summed E-state index contributed by atoms with van der Waals surface area (Å²) in [6, 6.07) is 2.93. The number of ether oxygens (including phenoxy) is 2. The summed E-state index contributed by atoms with van der Waals surface area (Å²) < 4.78 is 129. The first-order valence-electron chi connectivity index (χ1n) is 21.8. The Labute approximate surface area is 336 Å². The molecule has 0 unspecified atom stereocenters. The average molecular weight is 829 g/mol. The number of benzene rings is 1. The Morgan fingerprint density at radius 1 is 1.09 bits per heavy atom. The number of aromatic nitrogens is 2. The quantitative estimate of drug-likeness (QED) is 0.331. The van der Waals surface area contributed by atoms with Gasteiger partial charge in [0.1, 0.15) is 23.7 Å². The molecule has 1 aromatic carbocycles. The van der Waals surface area contributed by atoms with Gasteiger partial charge in [0.2, 0.25) is 33.3 Å². The summed E-state index contributed by atoms with van der Waals surface area (Å²) in [4.78, 5) is 70.8. The SMILES string of the molecule is [2H]C([2H])([2H])C(OC(=O)N[C@@H]1C(=O)N2C[C@H](Oc3nn(CC)c(=O)c4ccccc34)C[C@H]2C(=O)N[C@]2(C(=O)NS(=O)(=O)C3CC3)C[C@H]2/C=C\CC[C@H](C)C[C@H]1C)(C([2H])([2H])[2H])C(F)(F)F. The van der Waals surface area contributed by atoms with Gasteiger partial charge in [-0.05, 0) is 83.1 Å². The number of sulfonamides is 1. The zero-order chi connectivity index (χ0) is 46.7. The van der Waals surface area contributed by atoms with Crippen LogP contribution in [0.5, 0.6) is 5.88 Å². The molecule has 15 nitrogen and oxygen atoms in total. The van der Waals surface area contributed by atoms with Crippen LogP contribution < -0.4 is 25.7 Å². The number of hydrogen-bond donors (Lipinski definition) is 3. The lowest BCUT2D eigenvalue weighted by molar-refractivity contribution is -0.244. The molecular formula is C38H49F3N6O9S. The smallest absolute Gasteiger partial charge is 0.427 e. The lowest BCUT2D eigenvalue weighted by Gasteiger charge is -2.34. The minimum Gasteiger partial charge on any atom is -0.471 e. The normalized spacial score (nSPS) is 31.2. The lowest BCUT2D eigenvalue weighted by atomic mass is 9.88. The monoisotopic (exact) mass is 828 g/mol. The molecule has 2 saturated carbocycles. The third-order valence-corrected chi connectivity index (χ3v) is 12.8. The number of hydrogen-bond acceptors (Lipinski definition) is 10. The average Bonchev–Trinajstić information content (AvgIpc) is 4.10. The van der Waals surface area contributed by atoms with Crippen LogP contribution in [0.15, 0.2) is 41.2 Å². The Balaban J connectivity index is 1.40. The summed E-state index contributed by atoms with van der Waals surface area (Å²) in [7, 11) is -4.08. The topological polar surface area (TPSA) is 195 Å². The number of nitrogens with one attached hydrogen (secondary N) is 3. The fourth-order valence-corrected chi connectivity index (χ4v) is 8.88. The zero-order valence-electron chi connectivity index (χ0n) is 37.4. The van der Waals surface area contributed by atoms with Crippen LogP contribution >= 0.6 is 0 Å². The summed E-state index contributed by atoms with van der Waals surface area (Å²) in [6.07, 6.45) is -4.73. The van der Waals surface area contributed by atoms with E-state index < -0.39 is 112 Å². The van der Waals surface area contributed by atoms with Gasteiger partial charge in [-0.3, -0.25) is 23.9 Å². The molecule has 3 N–H and O–H groups in total. The van der Waals surface area contributed by atoms with Crippen molar-refractivity contribution in [2.75, 3.05) is 6.54 Å². The first-order chi connectivity index (χ1) is 29.2. The molecule has 1 aromatic heterocycles. The van der Waals surface area contributed by atoms with Crippen LogP contribution in [-0.2, 0) is 35.7 Å². The van der Waals surface area contributed by atoms with Crippen LogP contribution in [0.3, 0.4) is 0 Å². The molecular weight excluding hydrogens is 774 g/mol. The van der Waals surface area contributed by atoms with Crippen LogP contribution in [0.4, 0.5) is 18.0 Å². The van der Waals surface area contributed by atoms with Crippen molar-refractivity contribution in [3.8, 4) is 5.88 Å². The van der Waals surface area contributed by atoms with Gasteiger partial charge in [0.05, 0.1) is 22.6 Å². The molecule has 0 spiro atoms. The molecule has 57 heavy (non-hydrogen) atoms. The maximum atomic E-state index is 14.9. The molecule has 2 aromatic rings. The molecule has 1 saturated heterocycles. The van der Waals surface area contributed by atoms with Crippen LogP contribution in [0, 0.1) is 17.8 Å². The van der Waals surface area contributed by atoms with E-state index in [1.807, 2.05) is 5.32 Å². The van der Waals surface area contributed by atoms with Gasteiger partial charge >= 0.3 is 12.3 Å². The number of halogens is 3. The fraction of sp³-hybridized carbons (Fsp3) is 0.632. The maximum absolute atomic E-state index is 14.9. The highest BCUT2D eigenvalue weighted by molar-refractivity contribution is 7.91. The number of fused-ring (bicyclic) bond motifs is 3. The third kappa shape index (κ3) is 8.77. The summed E-state index contributed by atoms with van der Waals surface area (Å²) in [5, 5.41) is 8.75. The van der Waals surface area contributed by atoms with E-state index >= 15 is 0 Å². The number of alkyl carbamates (subject to hydrolysis) is 1. The van der Waals surface area contributed by atoms with Gasteiger partial charge in [-0.1, -0.05) is 38.1 Å². The number of carbonyl (C=O) groups is 4. The van der Waals surface area contributed by atoms with Crippen LogP contribution in [0.2, 0.25) is 0 Å². The van der Waals surface area contributed by atoms with Crippen molar-refractivity contribution in [3.05, 3.63) is 46.8 Å². The highest BCUT2D eigenvalue weighted by Crippen LogP contribution is 2.46. The van der Waals surface area contributed by atoms with Crippen LogP contribution in [-0.4, -0.2) is 94.2 Å². The first kappa shape index (κ1) is 34.4. The lowest BCUT2D eigenvalue weighted by Crippen LogP contribution is -2.59. The molecule has 7 atom stereocenters. The van der Waals surface area contributed by atoms with Gasteiger partial charge in [0.15, 0.2) is 0 Å². The van der Waals surface area contributed by atoms with Crippen molar-refractivity contribution in [2.45, 2.75) is 127 Å². The number of carbonyl (C=O) groups excluding carboxylic acids is 4. The largest absolute Gasteiger partial charge is 0.471 e. The predicted octanol–water partition coefficient (Wildman–Crippen LogP) is 3.70. The highest BCUT2D eigenvalue weighted by atomic mass is 32.2. The van der Waals surface area contributed by atoms with E-state index in [9.17, 15) is 45.6 Å². The van der Waals surface area contributed by atoms with E-state index in [4.69, 9.17) is 13.0 Å². The number of nitrogens with zero attached hydrogens (tertiary/aromatic N) is 3. The second kappa shape index (κ2) is 15.6. The molecule has 2 aliphatic carbocycles.